The maximum absolute atomic E-state index is 5.85. The Morgan fingerprint density at radius 1 is 1.47 bits per heavy atom. The molecular weight excluding hydrogens is 242 g/mol. The van der Waals surface area contributed by atoms with E-state index < -0.39 is 0 Å². The Morgan fingerprint density at radius 2 is 2.37 bits per heavy atom. The fourth-order valence-electron chi connectivity index (χ4n) is 2.39. The third-order valence-corrected chi connectivity index (χ3v) is 3.46. The van der Waals surface area contributed by atoms with Crippen molar-refractivity contribution in [3.8, 4) is 5.88 Å². The highest BCUT2D eigenvalue weighted by molar-refractivity contribution is 5.79. The summed E-state index contributed by atoms with van der Waals surface area (Å²) in [5, 5.41) is 8.58. The van der Waals surface area contributed by atoms with Gasteiger partial charge in [-0.2, -0.15) is 5.10 Å². The first kappa shape index (κ1) is 12.3. The molecule has 102 valence electrons. The number of rotatable bonds is 4. The van der Waals surface area contributed by atoms with Gasteiger partial charge in [-0.05, 0) is 26.8 Å². The van der Waals surface area contributed by atoms with E-state index in [4.69, 9.17) is 4.74 Å². The minimum atomic E-state index is 0.277. The minimum absolute atomic E-state index is 0.277. The van der Waals surface area contributed by atoms with Crippen LogP contribution in [0.5, 0.6) is 5.88 Å². The number of hydrogen-bond donors (Lipinski definition) is 1. The molecular formula is C13H19N5O. The first-order chi connectivity index (χ1) is 9.25. The van der Waals surface area contributed by atoms with Gasteiger partial charge >= 0.3 is 0 Å². The van der Waals surface area contributed by atoms with Crippen LogP contribution in [0.4, 0.5) is 0 Å². The van der Waals surface area contributed by atoms with Crippen molar-refractivity contribution in [1.29, 1.82) is 0 Å². The summed E-state index contributed by atoms with van der Waals surface area (Å²) in [5.74, 6) is 1.22. The highest BCUT2D eigenvalue weighted by Gasteiger charge is 2.17. The van der Waals surface area contributed by atoms with Gasteiger partial charge in [0.05, 0.1) is 12.8 Å². The Morgan fingerprint density at radius 3 is 3.11 bits per heavy atom. The summed E-state index contributed by atoms with van der Waals surface area (Å²) < 4.78 is 7.74. The fraction of sp³-hybridized carbons (Fsp3) is 0.615. The molecule has 19 heavy (non-hydrogen) atoms. The summed E-state index contributed by atoms with van der Waals surface area (Å²) in [7, 11) is 0. The van der Waals surface area contributed by atoms with Crippen molar-refractivity contribution < 1.29 is 4.74 Å². The molecule has 1 aliphatic rings. The van der Waals surface area contributed by atoms with Crippen LogP contribution in [0.2, 0.25) is 0 Å². The van der Waals surface area contributed by atoms with E-state index in [2.05, 4.69) is 34.2 Å². The first-order valence-electron chi connectivity index (χ1n) is 6.77. The molecule has 0 radical (unpaired) electrons. The predicted octanol–water partition coefficient (Wildman–Crippen LogP) is 1.40. The Hall–Kier alpha value is -1.69. The zero-order valence-electron chi connectivity index (χ0n) is 11.3. The minimum Gasteiger partial charge on any atom is -0.477 e. The van der Waals surface area contributed by atoms with Crippen LogP contribution in [0, 0.1) is 5.92 Å². The molecule has 1 saturated heterocycles. The van der Waals surface area contributed by atoms with E-state index in [9.17, 15) is 0 Å². The Balaban J connectivity index is 1.82. The lowest BCUT2D eigenvalue weighted by molar-refractivity contribution is 0.254. The zero-order valence-corrected chi connectivity index (χ0v) is 11.3. The van der Waals surface area contributed by atoms with Crippen LogP contribution in [0.3, 0.4) is 0 Å². The third-order valence-electron chi connectivity index (χ3n) is 3.46. The molecule has 6 heteroatoms. The largest absolute Gasteiger partial charge is 0.477 e. The molecule has 0 aliphatic carbocycles. The second-order valence-electron chi connectivity index (χ2n) is 5.27. The summed E-state index contributed by atoms with van der Waals surface area (Å²) in [6, 6.07) is 0.277. The van der Waals surface area contributed by atoms with Crippen molar-refractivity contribution in [2.75, 3.05) is 19.7 Å². The maximum atomic E-state index is 5.85. The van der Waals surface area contributed by atoms with Crippen LogP contribution >= 0.6 is 0 Å². The molecule has 1 fully saturated rings. The number of aromatic nitrogens is 4. The zero-order chi connectivity index (χ0) is 13.2. The van der Waals surface area contributed by atoms with Crippen molar-refractivity contribution in [1.82, 2.24) is 25.1 Å². The van der Waals surface area contributed by atoms with Gasteiger partial charge in [-0.25, -0.2) is 14.6 Å². The van der Waals surface area contributed by atoms with Crippen LogP contribution in [0.1, 0.15) is 26.3 Å². The second-order valence-corrected chi connectivity index (χ2v) is 5.27. The molecule has 0 bridgehead atoms. The van der Waals surface area contributed by atoms with Gasteiger partial charge in [-0.1, -0.05) is 0 Å². The molecule has 1 aliphatic heterocycles. The molecule has 3 heterocycles. The van der Waals surface area contributed by atoms with Gasteiger partial charge in [-0.3, -0.25) is 0 Å². The van der Waals surface area contributed by atoms with E-state index in [1.165, 1.54) is 6.42 Å². The Labute approximate surface area is 112 Å². The molecule has 0 aromatic carbocycles. The van der Waals surface area contributed by atoms with Crippen molar-refractivity contribution in [3.05, 3.63) is 12.5 Å². The average molecular weight is 261 g/mol. The van der Waals surface area contributed by atoms with Gasteiger partial charge in [0.25, 0.3) is 0 Å². The van der Waals surface area contributed by atoms with E-state index >= 15 is 0 Å². The molecule has 0 spiro atoms. The van der Waals surface area contributed by atoms with Gasteiger partial charge in [0.1, 0.15) is 11.7 Å². The molecule has 1 unspecified atom stereocenters. The highest BCUT2D eigenvalue weighted by atomic mass is 16.5. The standard InChI is InChI=1S/C13H19N5O/c1-9(2)18-12-11(6-17-18)13(16-8-15-12)19-7-10-3-4-14-5-10/h6,8-10,14H,3-5,7H2,1-2H3. The smallest absolute Gasteiger partial charge is 0.227 e. The summed E-state index contributed by atoms with van der Waals surface area (Å²) in [6.45, 7) is 6.97. The van der Waals surface area contributed by atoms with Crippen molar-refractivity contribution in [3.63, 3.8) is 0 Å². The second kappa shape index (κ2) is 5.13. The van der Waals surface area contributed by atoms with Crippen LogP contribution < -0.4 is 10.1 Å². The van der Waals surface area contributed by atoms with Crippen LogP contribution in [0.15, 0.2) is 12.5 Å². The number of fused-ring (bicyclic) bond motifs is 1. The van der Waals surface area contributed by atoms with Crippen molar-refractivity contribution in [2.45, 2.75) is 26.3 Å². The van der Waals surface area contributed by atoms with E-state index in [-0.39, 0.29) is 6.04 Å². The topological polar surface area (TPSA) is 64.9 Å². The van der Waals surface area contributed by atoms with Gasteiger partial charge in [0.15, 0.2) is 5.65 Å². The van der Waals surface area contributed by atoms with Gasteiger partial charge < -0.3 is 10.1 Å². The van der Waals surface area contributed by atoms with Crippen LogP contribution in [-0.4, -0.2) is 39.4 Å². The van der Waals surface area contributed by atoms with Crippen LogP contribution in [-0.2, 0) is 0 Å². The first-order valence-corrected chi connectivity index (χ1v) is 6.77. The molecule has 2 aromatic heterocycles. The molecule has 0 amide bonds. The number of nitrogens with zero attached hydrogens (tertiary/aromatic N) is 4. The normalized spacial score (nSPS) is 19.4. The van der Waals surface area contributed by atoms with E-state index in [1.54, 1.807) is 12.5 Å². The SMILES string of the molecule is CC(C)n1ncc2c(OCC3CCNC3)ncnc21. The molecule has 6 nitrogen and oxygen atoms in total. The van der Waals surface area contributed by atoms with Crippen molar-refractivity contribution in [2.24, 2.45) is 5.92 Å². The highest BCUT2D eigenvalue weighted by Crippen LogP contribution is 2.23. The monoisotopic (exact) mass is 261 g/mol. The number of hydrogen-bond acceptors (Lipinski definition) is 5. The maximum Gasteiger partial charge on any atom is 0.227 e. The average Bonchev–Trinajstić information content (AvgIpc) is 3.05. The number of nitrogens with one attached hydrogen (secondary N) is 1. The van der Waals surface area contributed by atoms with Gasteiger partial charge in [-0.15, -0.1) is 0 Å². The molecule has 3 rings (SSSR count). The van der Waals surface area contributed by atoms with Gasteiger partial charge in [0.2, 0.25) is 5.88 Å². The summed E-state index contributed by atoms with van der Waals surface area (Å²) in [6.07, 6.45) is 4.50. The molecule has 1 atom stereocenters. The fourth-order valence-corrected chi connectivity index (χ4v) is 2.39. The Bertz CT molecular complexity index is 559. The van der Waals surface area contributed by atoms with E-state index in [0.717, 1.165) is 24.1 Å². The lowest BCUT2D eigenvalue weighted by Crippen LogP contribution is -2.16. The quantitative estimate of drug-likeness (QED) is 0.901. The molecule has 0 saturated carbocycles. The van der Waals surface area contributed by atoms with Gasteiger partial charge in [0, 0.05) is 18.5 Å². The molecule has 2 aromatic rings. The molecule has 1 N–H and O–H groups in total. The van der Waals surface area contributed by atoms with Crippen LogP contribution in [0.25, 0.3) is 11.0 Å². The third kappa shape index (κ3) is 2.40. The lowest BCUT2D eigenvalue weighted by atomic mass is 10.1. The summed E-state index contributed by atoms with van der Waals surface area (Å²) >= 11 is 0. The van der Waals surface area contributed by atoms with Crippen molar-refractivity contribution >= 4 is 11.0 Å². The van der Waals surface area contributed by atoms with E-state index in [0.29, 0.717) is 18.4 Å². The lowest BCUT2D eigenvalue weighted by Gasteiger charge is -2.10. The number of ether oxygens (including phenoxy) is 1. The van der Waals surface area contributed by atoms with E-state index in [1.807, 2.05) is 4.68 Å². The summed E-state index contributed by atoms with van der Waals surface area (Å²) in [4.78, 5) is 8.53. The summed E-state index contributed by atoms with van der Waals surface area (Å²) in [5.41, 5.74) is 0.838. The predicted molar refractivity (Wildman–Crippen MR) is 72.2 cm³/mol. The Kier molecular flexibility index (Phi) is 3.33.